The molecule has 1 heterocycles. The molecule has 1 aromatic rings. The molecule has 0 fully saturated rings. The summed E-state index contributed by atoms with van der Waals surface area (Å²) in [5.41, 5.74) is 4.04. The van der Waals surface area contributed by atoms with Crippen LogP contribution in [-0.2, 0) is 11.8 Å². The summed E-state index contributed by atoms with van der Waals surface area (Å²) < 4.78 is 0. The average Bonchev–Trinajstić information content (AvgIpc) is 2.01. The summed E-state index contributed by atoms with van der Waals surface area (Å²) in [6.45, 7) is 10.9. The maximum atomic E-state index is 4.52. The van der Waals surface area contributed by atoms with Crippen molar-refractivity contribution in [3.63, 3.8) is 0 Å². The van der Waals surface area contributed by atoms with Crippen LogP contribution in [0.1, 0.15) is 44.5 Å². The molecule has 1 aromatic heterocycles. The molecule has 0 radical (unpaired) electrons. The first-order valence-electron chi connectivity index (χ1n) is 4.91. The van der Waals surface area contributed by atoms with Crippen molar-refractivity contribution in [1.29, 1.82) is 0 Å². The number of hydrogen-bond donors (Lipinski definition) is 0. The van der Waals surface area contributed by atoms with Crippen LogP contribution >= 0.6 is 0 Å². The van der Waals surface area contributed by atoms with Gasteiger partial charge in [-0.3, -0.25) is 4.98 Å². The van der Waals surface area contributed by atoms with Crippen molar-refractivity contribution in [2.75, 3.05) is 0 Å². The number of aryl methyl sites for hydroxylation is 2. The molecule has 1 nitrogen and oxygen atoms in total. The molecule has 0 atom stereocenters. The van der Waals surface area contributed by atoms with Crippen LogP contribution < -0.4 is 0 Å². The first kappa shape index (κ1) is 10.2. The molecule has 0 saturated carbocycles. The third-order valence-corrected chi connectivity index (χ3v) is 2.19. The second-order valence-corrected chi connectivity index (χ2v) is 4.62. The minimum absolute atomic E-state index is 0.166. The Morgan fingerprint density at radius 2 is 1.92 bits per heavy atom. The zero-order chi connectivity index (χ0) is 10.1. The van der Waals surface area contributed by atoms with Crippen LogP contribution in [0, 0.1) is 6.92 Å². The highest BCUT2D eigenvalue weighted by Crippen LogP contribution is 2.24. The third kappa shape index (κ3) is 2.30. The van der Waals surface area contributed by atoms with Crippen LogP contribution in [0.15, 0.2) is 12.3 Å². The standard InChI is InChI=1S/C12H19N/c1-6-10-7-9(2)8-13-11(10)12(3,4)5/h7-8H,6H2,1-5H3. The Kier molecular flexibility index (Phi) is 2.74. The van der Waals surface area contributed by atoms with Gasteiger partial charge in [0.2, 0.25) is 0 Å². The number of pyridine rings is 1. The van der Waals surface area contributed by atoms with Crippen molar-refractivity contribution < 1.29 is 0 Å². The van der Waals surface area contributed by atoms with Crippen molar-refractivity contribution in [2.45, 2.75) is 46.5 Å². The lowest BCUT2D eigenvalue weighted by Gasteiger charge is -2.21. The molecule has 0 aliphatic carbocycles. The van der Waals surface area contributed by atoms with Crippen molar-refractivity contribution in [1.82, 2.24) is 4.98 Å². The van der Waals surface area contributed by atoms with Crippen LogP contribution in [0.2, 0.25) is 0 Å². The van der Waals surface area contributed by atoms with Gasteiger partial charge in [-0.25, -0.2) is 0 Å². The second kappa shape index (κ2) is 3.49. The maximum absolute atomic E-state index is 4.52. The van der Waals surface area contributed by atoms with Crippen molar-refractivity contribution in [3.8, 4) is 0 Å². The van der Waals surface area contributed by atoms with E-state index in [1.165, 1.54) is 16.8 Å². The lowest BCUT2D eigenvalue weighted by atomic mass is 9.87. The van der Waals surface area contributed by atoms with Gasteiger partial charge in [0.05, 0.1) is 0 Å². The third-order valence-electron chi connectivity index (χ3n) is 2.19. The van der Waals surface area contributed by atoms with Gasteiger partial charge in [-0.2, -0.15) is 0 Å². The molecule has 0 aliphatic rings. The Labute approximate surface area is 81.2 Å². The SMILES string of the molecule is CCc1cc(C)cnc1C(C)(C)C. The van der Waals surface area contributed by atoms with E-state index >= 15 is 0 Å². The normalized spacial score (nSPS) is 11.8. The van der Waals surface area contributed by atoms with Gasteiger partial charge in [0.1, 0.15) is 0 Å². The van der Waals surface area contributed by atoms with E-state index < -0.39 is 0 Å². The summed E-state index contributed by atoms with van der Waals surface area (Å²) in [6.07, 6.45) is 3.03. The number of rotatable bonds is 1. The predicted molar refractivity (Wildman–Crippen MR) is 57.1 cm³/mol. The van der Waals surface area contributed by atoms with Crippen LogP contribution in [-0.4, -0.2) is 4.98 Å². The summed E-state index contributed by atoms with van der Waals surface area (Å²) in [4.78, 5) is 4.52. The highest BCUT2D eigenvalue weighted by Gasteiger charge is 2.18. The van der Waals surface area contributed by atoms with Crippen molar-refractivity contribution >= 4 is 0 Å². The molecule has 72 valence electrons. The molecule has 1 heteroatoms. The van der Waals surface area contributed by atoms with Gasteiger partial charge in [-0.05, 0) is 24.5 Å². The lowest BCUT2D eigenvalue weighted by molar-refractivity contribution is 0.561. The molecule has 0 N–H and O–H groups in total. The summed E-state index contributed by atoms with van der Waals surface area (Å²) >= 11 is 0. The smallest absolute Gasteiger partial charge is 0.0489 e. The van der Waals surface area contributed by atoms with Gasteiger partial charge in [0.15, 0.2) is 0 Å². The quantitative estimate of drug-likeness (QED) is 0.641. The van der Waals surface area contributed by atoms with Crippen LogP contribution in [0.3, 0.4) is 0 Å². The van der Waals surface area contributed by atoms with Crippen LogP contribution in [0.25, 0.3) is 0 Å². The monoisotopic (exact) mass is 177 g/mol. The number of hydrogen-bond acceptors (Lipinski definition) is 1. The van der Waals surface area contributed by atoms with E-state index in [4.69, 9.17) is 0 Å². The van der Waals surface area contributed by atoms with E-state index in [2.05, 4.69) is 45.7 Å². The van der Waals surface area contributed by atoms with Gasteiger partial charge in [0.25, 0.3) is 0 Å². The molecule has 0 saturated heterocycles. The van der Waals surface area contributed by atoms with E-state index in [1.54, 1.807) is 0 Å². The first-order chi connectivity index (χ1) is 5.95. The average molecular weight is 177 g/mol. The van der Waals surface area contributed by atoms with E-state index in [0.717, 1.165) is 6.42 Å². The molecule has 0 spiro atoms. The summed E-state index contributed by atoms with van der Waals surface area (Å²) in [7, 11) is 0. The fourth-order valence-corrected chi connectivity index (χ4v) is 1.57. The predicted octanol–water partition coefficient (Wildman–Crippen LogP) is 3.25. The Morgan fingerprint density at radius 3 is 2.38 bits per heavy atom. The van der Waals surface area contributed by atoms with Crippen LogP contribution in [0.4, 0.5) is 0 Å². The highest BCUT2D eigenvalue weighted by atomic mass is 14.7. The molecule has 0 bridgehead atoms. The van der Waals surface area contributed by atoms with E-state index in [9.17, 15) is 0 Å². The van der Waals surface area contributed by atoms with Crippen molar-refractivity contribution in [2.24, 2.45) is 0 Å². The van der Waals surface area contributed by atoms with Gasteiger partial charge < -0.3 is 0 Å². The maximum Gasteiger partial charge on any atom is 0.0489 e. The highest BCUT2D eigenvalue weighted by molar-refractivity contribution is 5.29. The van der Waals surface area contributed by atoms with Gasteiger partial charge in [0, 0.05) is 17.3 Å². The van der Waals surface area contributed by atoms with E-state index in [1.807, 2.05) is 6.20 Å². The summed E-state index contributed by atoms with van der Waals surface area (Å²) in [5.74, 6) is 0. The minimum atomic E-state index is 0.166. The number of nitrogens with zero attached hydrogens (tertiary/aromatic N) is 1. The molecule has 0 aromatic carbocycles. The molecule has 0 unspecified atom stereocenters. The van der Waals surface area contributed by atoms with E-state index in [-0.39, 0.29) is 5.41 Å². The summed E-state index contributed by atoms with van der Waals surface area (Å²) in [5, 5.41) is 0. The minimum Gasteiger partial charge on any atom is -0.260 e. The van der Waals surface area contributed by atoms with E-state index in [0.29, 0.717) is 0 Å². The zero-order valence-electron chi connectivity index (χ0n) is 9.31. The van der Waals surface area contributed by atoms with Crippen molar-refractivity contribution in [3.05, 3.63) is 29.1 Å². The molecule has 13 heavy (non-hydrogen) atoms. The fraction of sp³-hybridized carbons (Fsp3) is 0.583. The molecule has 0 amide bonds. The Bertz CT molecular complexity index is 294. The first-order valence-corrected chi connectivity index (χ1v) is 4.91. The van der Waals surface area contributed by atoms with Gasteiger partial charge >= 0.3 is 0 Å². The molecular formula is C12H19N. The lowest BCUT2D eigenvalue weighted by Crippen LogP contribution is -2.16. The van der Waals surface area contributed by atoms with Crippen LogP contribution in [0.5, 0.6) is 0 Å². The molecule has 1 rings (SSSR count). The summed E-state index contributed by atoms with van der Waals surface area (Å²) in [6, 6.07) is 2.24. The number of aromatic nitrogens is 1. The zero-order valence-corrected chi connectivity index (χ0v) is 9.31. The largest absolute Gasteiger partial charge is 0.260 e. The topological polar surface area (TPSA) is 12.9 Å². The Hall–Kier alpha value is -0.850. The second-order valence-electron chi connectivity index (χ2n) is 4.62. The molecular weight excluding hydrogens is 158 g/mol. The Morgan fingerprint density at radius 1 is 1.31 bits per heavy atom. The van der Waals surface area contributed by atoms with Gasteiger partial charge in [-0.15, -0.1) is 0 Å². The fourth-order valence-electron chi connectivity index (χ4n) is 1.57. The van der Waals surface area contributed by atoms with Gasteiger partial charge in [-0.1, -0.05) is 33.8 Å². The molecule has 0 aliphatic heterocycles. The Balaban J connectivity index is 3.22.